The predicted molar refractivity (Wildman–Crippen MR) is 46.6 cm³/mol. The van der Waals surface area contributed by atoms with E-state index in [2.05, 4.69) is 4.99 Å². The Bertz CT molecular complexity index is 224. The maximum absolute atomic E-state index is 8.74. The lowest BCUT2D eigenvalue weighted by atomic mass is 10.5. The summed E-state index contributed by atoms with van der Waals surface area (Å²) in [7, 11) is -4.67. The van der Waals surface area contributed by atoms with E-state index in [0.717, 1.165) is 0 Å². The Hall–Kier alpha value is -0.900. The molecule has 13 heavy (non-hydrogen) atoms. The van der Waals surface area contributed by atoms with Crippen LogP contribution in [0.15, 0.2) is 4.99 Å². The minimum atomic E-state index is -4.67. The Kier molecular flexibility index (Phi) is 8.69. The molecule has 0 aromatic rings. The lowest BCUT2D eigenvalue weighted by molar-refractivity contribution is 0.291. The number of nitrogens with zero attached hydrogens (tertiary/aromatic N) is 1. The van der Waals surface area contributed by atoms with Crippen LogP contribution in [0, 0.1) is 0 Å². The van der Waals surface area contributed by atoms with Gasteiger partial charge in [-0.15, -0.1) is 0 Å². The molecule has 0 aromatic heterocycles. The molecule has 0 atom stereocenters. The van der Waals surface area contributed by atoms with E-state index < -0.39 is 10.4 Å². The summed E-state index contributed by atoms with van der Waals surface area (Å²) >= 11 is 0. The van der Waals surface area contributed by atoms with E-state index in [1.54, 1.807) is 0 Å². The van der Waals surface area contributed by atoms with Gasteiger partial charge in [-0.05, 0) is 6.42 Å². The number of aliphatic imine (C=N–C) groups is 1. The van der Waals surface area contributed by atoms with Crippen LogP contribution in [-0.2, 0) is 10.4 Å². The summed E-state index contributed by atoms with van der Waals surface area (Å²) in [5, 5.41) is 8.23. The first-order valence-electron chi connectivity index (χ1n) is 3.13. The van der Waals surface area contributed by atoms with Crippen LogP contribution in [0.2, 0.25) is 0 Å². The van der Waals surface area contributed by atoms with Crippen molar-refractivity contribution in [1.29, 1.82) is 0 Å². The van der Waals surface area contributed by atoms with Crippen molar-refractivity contribution in [3.8, 4) is 0 Å². The Balaban J connectivity index is 0. The third-order valence-electron chi connectivity index (χ3n) is 0.611. The van der Waals surface area contributed by atoms with Gasteiger partial charge in [0.05, 0.1) is 0 Å². The van der Waals surface area contributed by atoms with Gasteiger partial charge in [-0.1, -0.05) is 0 Å². The van der Waals surface area contributed by atoms with E-state index >= 15 is 0 Å². The maximum Gasteiger partial charge on any atom is 0.394 e. The molecular formula is C4H13N3O5S. The minimum Gasteiger partial charge on any atom is -0.396 e. The van der Waals surface area contributed by atoms with Crippen LogP contribution in [0.4, 0.5) is 0 Å². The zero-order valence-corrected chi connectivity index (χ0v) is 7.61. The average molecular weight is 215 g/mol. The Morgan fingerprint density at radius 1 is 1.31 bits per heavy atom. The first-order chi connectivity index (χ1) is 5.77. The highest BCUT2D eigenvalue weighted by atomic mass is 32.3. The summed E-state index contributed by atoms with van der Waals surface area (Å²) in [6.45, 7) is 0.648. The highest BCUT2D eigenvalue weighted by Gasteiger charge is 1.84. The lowest BCUT2D eigenvalue weighted by Crippen LogP contribution is -2.23. The quantitative estimate of drug-likeness (QED) is 0.157. The fourth-order valence-corrected chi connectivity index (χ4v) is 0.279. The Labute approximate surface area is 75.8 Å². The molecule has 0 aromatic carbocycles. The number of aliphatic hydroxyl groups excluding tert-OH is 1. The zero-order chi connectivity index (χ0) is 10.9. The molecule has 0 spiro atoms. The Morgan fingerprint density at radius 2 is 1.69 bits per heavy atom. The zero-order valence-electron chi connectivity index (χ0n) is 6.79. The smallest absolute Gasteiger partial charge is 0.394 e. The summed E-state index contributed by atoms with van der Waals surface area (Å²) < 4.78 is 31.6. The van der Waals surface area contributed by atoms with Gasteiger partial charge in [0.25, 0.3) is 0 Å². The summed E-state index contributed by atoms with van der Waals surface area (Å²) in [4.78, 5) is 3.63. The van der Waals surface area contributed by atoms with Crippen LogP contribution < -0.4 is 11.5 Å². The second-order valence-corrected chi connectivity index (χ2v) is 2.73. The molecule has 0 amide bonds. The second kappa shape index (κ2) is 7.73. The van der Waals surface area contributed by atoms with Gasteiger partial charge in [-0.3, -0.25) is 14.1 Å². The van der Waals surface area contributed by atoms with E-state index in [-0.39, 0.29) is 12.6 Å². The number of guanidine groups is 1. The third kappa shape index (κ3) is 54.7. The highest BCUT2D eigenvalue weighted by molar-refractivity contribution is 7.79. The van der Waals surface area contributed by atoms with Gasteiger partial charge in [-0.25, -0.2) is 0 Å². The molecule has 0 radical (unpaired) electrons. The molecule has 0 saturated carbocycles. The monoisotopic (exact) mass is 215 g/mol. The number of rotatable bonds is 3. The summed E-state index contributed by atoms with van der Waals surface area (Å²) in [5.74, 6) is 0.0819. The van der Waals surface area contributed by atoms with Crippen LogP contribution in [0.5, 0.6) is 0 Å². The van der Waals surface area contributed by atoms with Crippen molar-refractivity contribution >= 4 is 16.4 Å². The van der Waals surface area contributed by atoms with E-state index in [9.17, 15) is 0 Å². The van der Waals surface area contributed by atoms with E-state index in [1.807, 2.05) is 0 Å². The molecule has 0 aliphatic rings. The molecule has 8 nitrogen and oxygen atoms in total. The normalized spacial score (nSPS) is 9.77. The van der Waals surface area contributed by atoms with E-state index in [1.165, 1.54) is 0 Å². The average Bonchev–Trinajstić information content (AvgIpc) is 1.83. The van der Waals surface area contributed by atoms with Gasteiger partial charge >= 0.3 is 10.4 Å². The number of aliphatic hydroxyl groups is 1. The van der Waals surface area contributed by atoms with Gasteiger partial charge in [0.15, 0.2) is 5.96 Å². The Morgan fingerprint density at radius 3 is 1.92 bits per heavy atom. The first-order valence-corrected chi connectivity index (χ1v) is 4.53. The van der Waals surface area contributed by atoms with Gasteiger partial charge in [0.2, 0.25) is 0 Å². The van der Waals surface area contributed by atoms with E-state index in [4.69, 9.17) is 34.1 Å². The molecular weight excluding hydrogens is 202 g/mol. The number of hydrogen-bond donors (Lipinski definition) is 5. The standard InChI is InChI=1S/C4H11N3O.H2O4S/c5-4(6)7-2-1-3-8;1-5(2,3)4/h8H,1-3H2,(H4,5,6,7);(H2,1,2,3,4). The third-order valence-corrected chi connectivity index (χ3v) is 0.611. The molecule has 0 bridgehead atoms. The van der Waals surface area contributed by atoms with Crippen molar-refractivity contribution in [2.45, 2.75) is 6.42 Å². The minimum absolute atomic E-state index is 0.0819. The highest BCUT2D eigenvalue weighted by Crippen LogP contribution is 1.75. The van der Waals surface area contributed by atoms with Crippen LogP contribution in [0.3, 0.4) is 0 Å². The van der Waals surface area contributed by atoms with Crippen LogP contribution in [0.25, 0.3) is 0 Å². The summed E-state index contributed by atoms with van der Waals surface area (Å²) in [6.07, 6.45) is 0.623. The van der Waals surface area contributed by atoms with Crippen molar-refractivity contribution < 1.29 is 22.6 Å². The number of nitrogens with two attached hydrogens (primary N) is 2. The molecule has 0 rings (SSSR count). The summed E-state index contributed by atoms with van der Waals surface area (Å²) in [5.41, 5.74) is 9.96. The molecule has 9 heteroatoms. The molecule has 0 unspecified atom stereocenters. The van der Waals surface area contributed by atoms with Gasteiger partial charge < -0.3 is 16.6 Å². The van der Waals surface area contributed by atoms with Crippen molar-refractivity contribution in [3.05, 3.63) is 0 Å². The molecule has 0 aliphatic carbocycles. The molecule has 7 N–H and O–H groups in total. The number of hydrogen-bond acceptors (Lipinski definition) is 4. The fraction of sp³-hybridized carbons (Fsp3) is 0.750. The van der Waals surface area contributed by atoms with Crippen LogP contribution in [0.1, 0.15) is 6.42 Å². The predicted octanol–water partition coefficient (Wildman–Crippen LogP) is -2.01. The largest absolute Gasteiger partial charge is 0.396 e. The second-order valence-electron chi connectivity index (χ2n) is 1.83. The van der Waals surface area contributed by atoms with Crippen molar-refractivity contribution in [1.82, 2.24) is 0 Å². The van der Waals surface area contributed by atoms with Crippen molar-refractivity contribution in [3.63, 3.8) is 0 Å². The first kappa shape index (κ1) is 14.6. The van der Waals surface area contributed by atoms with Gasteiger partial charge in [0.1, 0.15) is 0 Å². The molecule has 0 saturated heterocycles. The molecule has 0 aliphatic heterocycles. The summed E-state index contributed by atoms with van der Waals surface area (Å²) in [6, 6.07) is 0. The van der Waals surface area contributed by atoms with Crippen LogP contribution in [-0.4, -0.2) is 41.7 Å². The van der Waals surface area contributed by atoms with Crippen molar-refractivity contribution in [2.24, 2.45) is 16.5 Å². The van der Waals surface area contributed by atoms with Crippen LogP contribution >= 0.6 is 0 Å². The fourth-order valence-electron chi connectivity index (χ4n) is 0.279. The molecule has 80 valence electrons. The topological polar surface area (TPSA) is 159 Å². The molecule has 0 heterocycles. The van der Waals surface area contributed by atoms with Crippen molar-refractivity contribution in [2.75, 3.05) is 13.2 Å². The maximum atomic E-state index is 8.74. The SMILES string of the molecule is NC(N)=NCCCO.O=S(=O)(O)O. The van der Waals surface area contributed by atoms with E-state index in [0.29, 0.717) is 13.0 Å². The molecule has 0 fully saturated rings. The lowest BCUT2D eigenvalue weighted by Gasteiger charge is -1.89. The van der Waals surface area contributed by atoms with Gasteiger partial charge in [-0.2, -0.15) is 8.42 Å². The van der Waals surface area contributed by atoms with Gasteiger partial charge in [0, 0.05) is 13.2 Å².